The Morgan fingerprint density at radius 2 is 1.96 bits per heavy atom. The molecule has 0 heterocycles. The molecule has 0 aliphatic heterocycles. The summed E-state index contributed by atoms with van der Waals surface area (Å²) in [6.07, 6.45) is 0. The van der Waals surface area contributed by atoms with Gasteiger partial charge in [-0.2, -0.15) is 0 Å². The normalized spacial score (nSPS) is 11.6. The first-order valence-electron chi connectivity index (χ1n) is 8.05. The van der Waals surface area contributed by atoms with E-state index in [1.807, 2.05) is 13.8 Å². The minimum atomic E-state index is -0.660. The maximum absolute atomic E-state index is 11.9. The van der Waals surface area contributed by atoms with Crippen molar-refractivity contribution in [3.63, 3.8) is 0 Å². The Hall–Kier alpha value is -2.61. The molecular weight excluding hydrogens is 326 g/mol. The van der Waals surface area contributed by atoms with Gasteiger partial charge in [0.25, 0.3) is 0 Å². The number of amides is 2. The molecule has 25 heavy (non-hydrogen) atoms. The molecule has 0 unspecified atom stereocenters. The lowest BCUT2D eigenvalue weighted by atomic mass is 10.1. The van der Waals surface area contributed by atoms with E-state index in [0.717, 1.165) is 0 Å². The van der Waals surface area contributed by atoms with E-state index in [1.165, 1.54) is 0 Å². The molecule has 1 rings (SSSR count). The van der Waals surface area contributed by atoms with Crippen molar-refractivity contribution in [2.24, 2.45) is 11.7 Å². The van der Waals surface area contributed by atoms with Crippen LogP contribution in [-0.2, 0) is 19.1 Å². The molecule has 0 fully saturated rings. The van der Waals surface area contributed by atoms with E-state index in [2.05, 4.69) is 10.6 Å². The van der Waals surface area contributed by atoms with Gasteiger partial charge < -0.3 is 25.8 Å². The first-order chi connectivity index (χ1) is 11.8. The van der Waals surface area contributed by atoms with Crippen molar-refractivity contribution < 1.29 is 23.9 Å². The highest BCUT2D eigenvalue weighted by Gasteiger charge is 2.17. The molecule has 1 aromatic carbocycles. The zero-order chi connectivity index (χ0) is 18.8. The van der Waals surface area contributed by atoms with E-state index in [-0.39, 0.29) is 31.6 Å². The summed E-state index contributed by atoms with van der Waals surface area (Å²) in [5, 5.41) is 5.11. The van der Waals surface area contributed by atoms with E-state index >= 15 is 0 Å². The van der Waals surface area contributed by atoms with Crippen LogP contribution in [0.1, 0.15) is 20.8 Å². The monoisotopic (exact) mass is 351 g/mol. The third kappa shape index (κ3) is 7.67. The lowest BCUT2D eigenvalue weighted by molar-refractivity contribution is -0.145. The second-order valence-corrected chi connectivity index (χ2v) is 5.66. The molecule has 8 heteroatoms. The van der Waals surface area contributed by atoms with Crippen molar-refractivity contribution in [1.82, 2.24) is 5.32 Å². The highest BCUT2D eigenvalue weighted by atomic mass is 16.6. The second kappa shape index (κ2) is 10.3. The van der Waals surface area contributed by atoms with Crippen LogP contribution in [0.25, 0.3) is 0 Å². The molecule has 0 aliphatic rings. The van der Waals surface area contributed by atoms with Crippen molar-refractivity contribution in [2.45, 2.75) is 26.8 Å². The Labute approximate surface area is 147 Å². The summed E-state index contributed by atoms with van der Waals surface area (Å²) in [6.45, 7) is 5.24. The Morgan fingerprint density at radius 1 is 1.24 bits per heavy atom. The maximum Gasteiger partial charge on any atom is 0.344 e. The summed E-state index contributed by atoms with van der Waals surface area (Å²) >= 11 is 0. The number of anilines is 1. The van der Waals surface area contributed by atoms with Gasteiger partial charge in [-0.15, -0.1) is 0 Å². The summed E-state index contributed by atoms with van der Waals surface area (Å²) in [5.74, 6) is -0.849. The average molecular weight is 351 g/mol. The van der Waals surface area contributed by atoms with E-state index in [0.29, 0.717) is 11.4 Å². The molecule has 0 aromatic heterocycles. The molecule has 0 bridgehead atoms. The highest BCUT2D eigenvalue weighted by Crippen LogP contribution is 2.17. The third-order valence-corrected chi connectivity index (χ3v) is 3.22. The van der Waals surface area contributed by atoms with Gasteiger partial charge >= 0.3 is 5.97 Å². The van der Waals surface area contributed by atoms with Gasteiger partial charge in [-0.25, -0.2) is 4.79 Å². The SMILES string of the molecule is CCOC(=O)COc1cccc(NC(=O)CNC(=O)[C@@H](N)C(C)C)c1. The fourth-order valence-corrected chi connectivity index (χ4v) is 1.80. The number of hydrogen-bond donors (Lipinski definition) is 3. The number of carbonyl (C=O) groups is 3. The minimum Gasteiger partial charge on any atom is -0.482 e. The van der Waals surface area contributed by atoms with Crippen LogP contribution >= 0.6 is 0 Å². The molecular formula is C17H25N3O5. The van der Waals surface area contributed by atoms with Gasteiger partial charge in [-0.3, -0.25) is 9.59 Å². The topological polar surface area (TPSA) is 120 Å². The van der Waals surface area contributed by atoms with Gasteiger partial charge in [0, 0.05) is 11.8 Å². The summed E-state index contributed by atoms with van der Waals surface area (Å²) in [4.78, 5) is 34.9. The van der Waals surface area contributed by atoms with Gasteiger partial charge in [-0.1, -0.05) is 19.9 Å². The first kappa shape index (κ1) is 20.4. The number of carbonyl (C=O) groups excluding carboxylic acids is 3. The smallest absolute Gasteiger partial charge is 0.344 e. The molecule has 138 valence electrons. The van der Waals surface area contributed by atoms with Crippen molar-refractivity contribution in [3.8, 4) is 5.75 Å². The van der Waals surface area contributed by atoms with Gasteiger partial charge in [0.1, 0.15) is 5.75 Å². The molecule has 2 amide bonds. The van der Waals surface area contributed by atoms with Crippen LogP contribution < -0.4 is 21.1 Å². The van der Waals surface area contributed by atoms with Crippen molar-refractivity contribution in [1.29, 1.82) is 0 Å². The lowest BCUT2D eigenvalue weighted by Gasteiger charge is -2.15. The molecule has 1 atom stereocenters. The van der Waals surface area contributed by atoms with Crippen LogP contribution in [0.5, 0.6) is 5.75 Å². The number of esters is 1. The summed E-state index contributed by atoms with van der Waals surface area (Å²) in [6, 6.07) is 5.89. The standard InChI is InChI=1S/C17H25N3O5/c1-4-24-15(22)10-25-13-7-5-6-12(8-13)20-14(21)9-19-17(23)16(18)11(2)3/h5-8,11,16H,4,9-10,18H2,1-3H3,(H,19,23)(H,20,21)/t16-/m0/s1. The highest BCUT2D eigenvalue weighted by molar-refractivity contribution is 5.95. The summed E-state index contributed by atoms with van der Waals surface area (Å²) in [5.41, 5.74) is 6.18. The molecule has 1 aromatic rings. The number of ether oxygens (including phenoxy) is 2. The predicted octanol–water partition coefficient (Wildman–Crippen LogP) is 0.667. The minimum absolute atomic E-state index is 0.0173. The Balaban J connectivity index is 2.48. The van der Waals surface area contributed by atoms with Crippen molar-refractivity contribution in [3.05, 3.63) is 24.3 Å². The Bertz CT molecular complexity index is 604. The molecule has 4 N–H and O–H groups in total. The van der Waals surface area contributed by atoms with Crippen molar-refractivity contribution >= 4 is 23.5 Å². The van der Waals surface area contributed by atoms with Crippen LogP contribution in [0.4, 0.5) is 5.69 Å². The van der Waals surface area contributed by atoms with E-state index in [1.54, 1.807) is 31.2 Å². The molecule has 0 saturated carbocycles. The van der Waals surface area contributed by atoms with Gasteiger partial charge in [0.2, 0.25) is 11.8 Å². The molecule has 0 spiro atoms. The zero-order valence-corrected chi connectivity index (χ0v) is 14.7. The number of nitrogens with two attached hydrogens (primary N) is 1. The number of benzene rings is 1. The fraction of sp³-hybridized carbons (Fsp3) is 0.471. The van der Waals surface area contributed by atoms with Crippen LogP contribution in [-0.4, -0.2) is 43.6 Å². The number of nitrogens with one attached hydrogen (secondary N) is 2. The quantitative estimate of drug-likeness (QED) is 0.562. The van der Waals surface area contributed by atoms with Crippen LogP contribution in [0.3, 0.4) is 0 Å². The largest absolute Gasteiger partial charge is 0.482 e. The molecule has 8 nitrogen and oxygen atoms in total. The van der Waals surface area contributed by atoms with Crippen LogP contribution in [0.2, 0.25) is 0 Å². The zero-order valence-electron chi connectivity index (χ0n) is 14.7. The number of rotatable bonds is 9. The number of hydrogen-bond acceptors (Lipinski definition) is 6. The maximum atomic E-state index is 11.9. The van der Waals surface area contributed by atoms with Gasteiger partial charge in [0.05, 0.1) is 19.2 Å². The van der Waals surface area contributed by atoms with E-state index in [9.17, 15) is 14.4 Å². The van der Waals surface area contributed by atoms with Gasteiger partial charge in [0.15, 0.2) is 6.61 Å². The fourth-order valence-electron chi connectivity index (χ4n) is 1.80. The van der Waals surface area contributed by atoms with Gasteiger partial charge in [-0.05, 0) is 25.0 Å². The molecule has 0 radical (unpaired) electrons. The average Bonchev–Trinajstić information content (AvgIpc) is 2.57. The third-order valence-electron chi connectivity index (χ3n) is 3.22. The lowest BCUT2D eigenvalue weighted by Crippen LogP contribution is -2.46. The van der Waals surface area contributed by atoms with Crippen LogP contribution in [0.15, 0.2) is 24.3 Å². The Morgan fingerprint density at radius 3 is 2.60 bits per heavy atom. The predicted molar refractivity (Wildman–Crippen MR) is 93.0 cm³/mol. The second-order valence-electron chi connectivity index (χ2n) is 5.66. The Kier molecular flexibility index (Phi) is 8.42. The molecule has 0 saturated heterocycles. The molecule has 0 aliphatic carbocycles. The first-order valence-corrected chi connectivity index (χ1v) is 8.05. The van der Waals surface area contributed by atoms with E-state index < -0.39 is 17.9 Å². The summed E-state index contributed by atoms with van der Waals surface area (Å²) < 4.78 is 10.1. The van der Waals surface area contributed by atoms with Crippen molar-refractivity contribution in [2.75, 3.05) is 25.1 Å². The summed E-state index contributed by atoms with van der Waals surface area (Å²) in [7, 11) is 0. The van der Waals surface area contributed by atoms with Crippen LogP contribution in [0, 0.1) is 5.92 Å². The van der Waals surface area contributed by atoms with E-state index in [4.69, 9.17) is 15.2 Å².